The van der Waals surface area contributed by atoms with Gasteiger partial charge in [0, 0.05) is 25.4 Å². The topological polar surface area (TPSA) is 24.5 Å². The average molecular weight is 276 g/mol. The molecule has 1 aromatic carbocycles. The molecule has 0 aromatic heterocycles. The minimum absolute atomic E-state index is 0.312. The van der Waals surface area contributed by atoms with Crippen LogP contribution in [0.15, 0.2) is 24.3 Å². The Balaban J connectivity index is 2.18. The van der Waals surface area contributed by atoms with Crippen molar-refractivity contribution in [3.05, 3.63) is 29.8 Å². The summed E-state index contributed by atoms with van der Waals surface area (Å²) in [6.07, 6.45) is 2.59. The van der Waals surface area contributed by atoms with Gasteiger partial charge in [-0.3, -0.25) is 0 Å². The number of para-hydroxylation sites is 1. The lowest BCUT2D eigenvalue weighted by Crippen LogP contribution is -2.37. The summed E-state index contributed by atoms with van der Waals surface area (Å²) in [6, 6.07) is 9.58. The van der Waals surface area contributed by atoms with Crippen molar-refractivity contribution in [2.75, 3.05) is 25.1 Å². The summed E-state index contributed by atoms with van der Waals surface area (Å²) < 4.78 is 5.72. The van der Waals surface area contributed by atoms with Crippen molar-refractivity contribution >= 4 is 5.69 Å². The molecule has 1 N–H and O–H groups in total. The number of benzene rings is 1. The predicted octanol–water partition coefficient (Wildman–Crippen LogP) is 3.36. The molecule has 3 atom stereocenters. The molecule has 0 aliphatic carbocycles. The van der Waals surface area contributed by atoms with Crippen LogP contribution in [0.1, 0.15) is 45.2 Å². The van der Waals surface area contributed by atoms with E-state index in [0.29, 0.717) is 18.2 Å². The van der Waals surface area contributed by atoms with E-state index in [4.69, 9.17) is 4.74 Å². The summed E-state index contributed by atoms with van der Waals surface area (Å²) in [5.74, 6) is 0. The third-order valence-electron chi connectivity index (χ3n) is 4.32. The molecule has 1 fully saturated rings. The first-order chi connectivity index (χ1) is 9.65. The van der Waals surface area contributed by atoms with Crippen LogP contribution in [-0.2, 0) is 4.74 Å². The first-order valence-corrected chi connectivity index (χ1v) is 7.82. The van der Waals surface area contributed by atoms with E-state index in [1.54, 1.807) is 0 Å². The SMILES string of the molecule is CCCNC(C)c1ccccc1N(C)C1CCOC1C. The fraction of sp³-hybridized carbons (Fsp3) is 0.647. The van der Waals surface area contributed by atoms with Gasteiger partial charge in [-0.25, -0.2) is 0 Å². The molecule has 3 heteroatoms. The molecule has 0 amide bonds. The predicted molar refractivity (Wildman–Crippen MR) is 85.4 cm³/mol. The van der Waals surface area contributed by atoms with Gasteiger partial charge in [-0.1, -0.05) is 25.1 Å². The maximum atomic E-state index is 5.72. The van der Waals surface area contributed by atoms with Crippen LogP contribution in [0.4, 0.5) is 5.69 Å². The molecule has 1 aliphatic rings. The van der Waals surface area contributed by atoms with Crippen LogP contribution < -0.4 is 10.2 Å². The van der Waals surface area contributed by atoms with Crippen LogP contribution in [0.25, 0.3) is 0 Å². The van der Waals surface area contributed by atoms with Crippen molar-refractivity contribution in [2.24, 2.45) is 0 Å². The highest BCUT2D eigenvalue weighted by molar-refractivity contribution is 5.55. The third kappa shape index (κ3) is 3.33. The minimum Gasteiger partial charge on any atom is -0.376 e. The molecule has 0 bridgehead atoms. The lowest BCUT2D eigenvalue weighted by atomic mass is 10.0. The van der Waals surface area contributed by atoms with Gasteiger partial charge in [0.05, 0.1) is 12.1 Å². The lowest BCUT2D eigenvalue weighted by molar-refractivity contribution is 0.118. The molecule has 1 saturated heterocycles. The Morgan fingerprint density at radius 1 is 1.40 bits per heavy atom. The van der Waals surface area contributed by atoms with Gasteiger partial charge >= 0.3 is 0 Å². The Hall–Kier alpha value is -1.06. The van der Waals surface area contributed by atoms with E-state index in [-0.39, 0.29) is 0 Å². The first-order valence-electron chi connectivity index (χ1n) is 7.82. The van der Waals surface area contributed by atoms with Gasteiger partial charge in [0.25, 0.3) is 0 Å². The molecule has 2 rings (SSSR count). The molecule has 20 heavy (non-hydrogen) atoms. The highest BCUT2D eigenvalue weighted by atomic mass is 16.5. The van der Waals surface area contributed by atoms with E-state index in [9.17, 15) is 0 Å². The molecular formula is C17H28N2O. The lowest BCUT2D eigenvalue weighted by Gasteiger charge is -2.32. The van der Waals surface area contributed by atoms with Gasteiger partial charge in [0.2, 0.25) is 0 Å². The van der Waals surface area contributed by atoms with Crippen molar-refractivity contribution < 1.29 is 4.74 Å². The zero-order valence-electron chi connectivity index (χ0n) is 13.2. The van der Waals surface area contributed by atoms with Crippen molar-refractivity contribution in [2.45, 2.75) is 51.8 Å². The van der Waals surface area contributed by atoms with Gasteiger partial charge < -0.3 is 15.0 Å². The van der Waals surface area contributed by atoms with Crippen LogP contribution in [0.5, 0.6) is 0 Å². The molecule has 0 radical (unpaired) electrons. The fourth-order valence-electron chi connectivity index (χ4n) is 3.05. The van der Waals surface area contributed by atoms with E-state index in [2.05, 4.69) is 62.3 Å². The van der Waals surface area contributed by atoms with E-state index in [0.717, 1.165) is 26.0 Å². The molecule has 1 heterocycles. The van der Waals surface area contributed by atoms with Crippen molar-refractivity contribution in [1.82, 2.24) is 5.32 Å². The Kier molecular flexibility index (Phi) is 5.44. The molecule has 1 aromatic rings. The van der Waals surface area contributed by atoms with Crippen molar-refractivity contribution in [1.29, 1.82) is 0 Å². The fourth-order valence-corrected chi connectivity index (χ4v) is 3.05. The largest absolute Gasteiger partial charge is 0.376 e. The molecule has 0 saturated carbocycles. The summed E-state index contributed by atoms with van der Waals surface area (Å²) in [5, 5.41) is 3.59. The van der Waals surface area contributed by atoms with Crippen LogP contribution >= 0.6 is 0 Å². The van der Waals surface area contributed by atoms with E-state index in [1.165, 1.54) is 11.3 Å². The van der Waals surface area contributed by atoms with Crippen LogP contribution in [0, 0.1) is 0 Å². The van der Waals surface area contributed by atoms with Crippen LogP contribution in [0.3, 0.4) is 0 Å². The van der Waals surface area contributed by atoms with Crippen molar-refractivity contribution in [3.8, 4) is 0 Å². The first kappa shape index (κ1) is 15.3. The number of nitrogens with zero attached hydrogens (tertiary/aromatic N) is 1. The van der Waals surface area contributed by atoms with Gasteiger partial charge in [-0.15, -0.1) is 0 Å². The highest BCUT2D eigenvalue weighted by Crippen LogP contribution is 2.30. The molecule has 1 aliphatic heterocycles. The van der Waals surface area contributed by atoms with E-state index >= 15 is 0 Å². The Morgan fingerprint density at radius 3 is 2.80 bits per heavy atom. The standard InChI is InChI=1S/C17H28N2O/c1-5-11-18-13(2)15-8-6-7-9-17(15)19(4)16-10-12-20-14(16)3/h6-9,13-14,16,18H,5,10-12H2,1-4H3. The second-order valence-corrected chi connectivity index (χ2v) is 5.78. The van der Waals surface area contributed by atoms with Gasteiger partial charge in [-0.05, 0) is 44.9 Å². The molecule has 112 valence electrons. The number of anilines is 1. The number of rotatable bonds is 6. The van der Waals surface area contributed by atoms with Crippen LogP contribution in [0.2, 0.25) is 0 Å². The Labute approximate surface area is 123 Å². The summed E-state index contributed by atoms with van der Waals surface area (Å²) in [5.41, 5.74) is 2.70. The molecule has 0 spiro atoms. The smallest absolute Gasteiger partial charge is 0.0750 e. The Bertz CT molecular complexity index is 421. The third-order valence-corrected chi connectivity index (χ3v) is 4.32. The number of hydrogen-bond acceptors (Lipinski definition) is 3. The molecular weight excluding hydrogens is 248 g/mol. The van der Waals surface area contributed by atoms with E-state index < -0.39 is 0 Å². The quantitative estimate of drug-likeness (QED) is 0.862. The number of ether oxygens (including phenoxy) is 1. The highest BCUT2D eigenvalue weighted by Gasteiger charge is 2.29. The number of hydrogen-bond donors (Lipinski definition) is 1. The zero-order valence-corrected chi connectivity index (χ0v) is 13.2. The van der Waals surface area contributed by atoms with Gasteiger partial charge in [-0.2, -0.15) is 0 Å². The summed E-state index contributed by atoms with van der Waals surface area (Å²) >= 11 is 0. The second kappa shape index (κ2) is 7.09. The second-order valence-electron chi connectivity index (χ2n) is 5.78. The average Bonchev–Trinajstić information content (AvgIpc) is 2.90. The zero-order chi connectivity index (χ0) is 14.5. The normalized spacial score (nSPS) is 23.8. The van der Waals surface area contributed by atoms with Gasteiger partial charge in [0.15, 0.2) is 0 Å². The maximum absolute atomic E-state index is 5.72. The minimum atomic E-state index is 0.312. The number of nitrogens with one attached hydrogen (secondary N) is 1. The van der Waals surface area contributed by atoms with E-state index in [1.807, 2.05) is 0 Å². The van der Waals surface area contributed by atoms with Gasteiger partial charge in [0.1, 0.15) is 0 Å². The van der Waals surface area contributed by atoms with Crippen molar-refractivity contribution in [3.63, 3.8) is 0 Å². The number of likely N-dealkylation sites (N-methyl/N-ethyl adjacent to an activating group) is 1. The monoisotopic (exact) mass is 276 g/mol. The molecule has 3 unspecified atom stereocenters. The maximum Gasteiger partial charge on any atom is 0.0750 e. The molecule has 3 nitrogen and oxygen atoms in total. The summed E-state index contributed by atoms with van der Waals surface area (Å²) in [4.78, 5) is 2.40. The summed E-state index contributed by atoms with van der Waals surface area (Å²) in [6.45, 7) is 8.56. The Morgan fingerprint density at radius 2 is 2.15 bits per heavy atom. The van der Waals surface area contributed by atoms with Crippen LogP contribution in [-0.4, -0.2) is 32.3 Å². The summed E-state index contributed by atoms with van der Waals surface area (Å²) in [7, 11) is 2.20.